The minimum absolute atomic E-state index is 0.244. The van der Waals surface area contributed by atoms with E-state index in [0.717, 1.165) is 58.1 Å². The number of fused-ring (bicyclic) bond motifs is 2. The van der Waals surface area contributed by atoms with Crippen LogP contribution < -0.4 is 4.90 Å². The number of hydrogen-bond donors (Lipinski definition) is 0. The lowest BCUT2D eigenvalue weighted by atomic mass is 9.69. The highest BCUT2D eigenvalue weighted by molar-refractivity contribution is 5.40. The van der Waals surface area contributed by atoms with Gasteiger partial charge in [0, 0.05) is 57.6 Å². The van der Waals surface area contributed by atoms with E-state index < -0.39 is 0 Å². The maximum Gasteiger partial charge on any atom is 0.225 e. The molecule has 132 valence electrons. The zero-order valence-electron chi connectivity index (χ0n) is 14.9. The largest absolute Gasteiger partial charge is 0.383 e. The second kappa shape index (κ2) is 7.10. The van der Waals surface area contributed by atoms with Crippen LogP contribution in [0.15, 0.2) is 42.7 Å². The SMILES string of the molecule is COCCN1Cc2ccccc2C2(CCN(c3ncccn3)CC2)C1. The van der Waals surface area contributed by atoms with E-state index in [0.29, 0.717) is 0 Å². The fourth-order valence-corrected chi connectivity index (χ4v) is 4.38. The monoisotopic (exact) mass is 338 g/mol. The van der Waals surface area contributed by atoms with Crippen LogP contribution in [0.1, 0.15) is 24.0 Å². The van der Waals surface area contributed by atoms with E-state index in [-0.39, 0.29) is 5.41 Å². The van der Waals surface area contributed by atoms with E-state index >= 15 is 0 Å². The second-order valence-electron chi connectivity index (χ2n) is 7.18. The van der Waals surface area contributed by atoms with Crippen LogP contribution in [0.4, 0.5) is 5.95 Å². The topological polar surface area (TPSA) is 41.5 Å². The van der Waals surface area contributed by atoms with Gasteiger partial charge in [-0.3, -0.25) is 4.90 Å². The molecule has 2 aliphatic heterocycles. The molecule has 1 spiro atoms. The Morgan fingerprint density at radius 3 is 2.60 bits per heavy atom. The second-order valence-corrected chi connectivity index (χ2v) is 7.18. The van der Waals surface area contributed by atoms with Gasteiger partial charge in [0.15, 0.2) is 0 Å². The number of aromatic nitrogens is 2. The molecule has 5 heteroatoms. The normalized spacial score (nSPS) is 19.8. The number of rotatable bonds is 4. The first kappa shape index (κ1) is 16.5. The Morgan fingerprint density at radius 2 is 1.84 bits per heavy atom. The molecular weight excluding hydrogens is 312 g/mol. The van der Waals surface area contributed by atoms with Gasteiger partial charge in [-0.25, -0.2) is 9.97 Å². The summed E-state index contributed by atoms with van der Waals surface area (Å²) in [6.07, 6.45) is 5.95. The maximum absolute atomic E-state index is 5.32. The van der Waals surface area contributed by atoms with Crippen LogP contribution in [0.2, 0.25) is 0 Å². The fourth-order valence-electron chi connectivity index (χ4n) is 4.38. The third kappa shape index (κ3) is 3.26. The molecule has 1 aromatic heterocycles. The van der Waals surface area contributed by atoms with Crippen molar-refractivity contribution >= 4 is 5.95 Å². The molecule has 5 nitrogen and oxygen atoms in total. The lowest BCUT2D eigenvalue weighted by Gasteiger charge is -2.48. The molecule has 0 radical (unpaired) electrons. The Hall–Kier alpha value is -1.98. The summed E-state index contributed by atoms with van der Waals surface area (Å²) < 4.78 is 5.32. The van der Waals surface area contributed by atoms with Gasteiger partial charge in [-0.15, -0.1) is 0 Å². The van der Waals surface area contributed by atoms with E-state index in [2.05, 4.69) is 44.0 Å². The first-order valence-electron chi connectivity index (χ1n) is 9.12. The van der Waals surface area contributed by atoms with Gasteiger partial charge in [0.05, 0.1) is 6.61 Å². The number of methoxy groups -OCH3 is 1. The van der Waals surface area contributed by atoms with Gasteiger partial charge < -0.3 is 9.64 Å². The van der Waals surface area contributed by atoms with Gasteiger partial charge in [-0.2, -0.15) is 0 Å². The van der Waals surface area contributed by atoms with Gasteiger partial charge in [0.1, 0.15) is 0 Å². The third-order valence-electron chi connectivity index (χ3n) is 5.68. The molecule has 25 heavy (non-hydrogen) atoms. The zero-order valence-corrected chi connectivity index (χ0v) is 14.9. The Balaban J connectivity index is 1.56. The van der Waals surface area contributed by atoms with Crippen LogP contribution in [-0.2, 0) is 16.7 Å². The standard InChI is InChI=1S/C20H26N4O/c1-25-14-13-23-15-17-5-2-3-6-18(17)20(16-23)7-11-24(12-8-20)19-21-9-4-10-22-19/h2-6,9-10H,7-8,11-16H2,1H3. The minimum atomic E-state index is 0.244. The van der Waals surface area contributed by atoms with E-state index in [9.17, 15) is 0 Å². The van der Waals surface area contributed by atoms with Gasteiger partial charge in [-0.05, 0) is 30.0 Å². The molecular formula is C20H26N4O. The van der Waals surface area contributed by atoms with Crippen molar-refractivity contribution in [3.05, 3.63) is 53.9 Å². The van der Waals surface area contributed by atoms with Crippen molar-refractivity contribution in [3.63, 3.8) is 0 Å². The highest BCUT2D eigenvalue weighted by Crippen LogP contribution is 2.42. The molecule has 0 amide bonds. The summed E-state index contributed by atoms with van der Waals surface area (Å²) in [7, 11) is 1.78. The summed E-state index contributed by atoms with van der Waals surface area (Å²) in [6, 6.07) is 10.9. The van der Waals surface area contributed by atoms with Gasteiger partial charge in [0.25, 0.3) is 0 Å². The van der Waals surface area contributed by atoms with Crippen molar-refractivity contribution in [3.8, 4) is 0 Å². The minimum Gasteiger partial charge on any atom is -0.383 e. The van der Waals surface area contributed by atoms with Gasteiger partial charge in [-0.1, -0.05) is 24.3 Å². The lowest BCUT2D eigenvalue weighted by molar-refractivity contribution is 0.105. The van der Waals surface area contributed by atoms with Gasteiger partial charge in [0.2, 0.25) is 5.95 Å². The van der Waals surface area contributed by atoms with Crippen LogP contribution in [0.3, 0.4) is 0 Å². The quantitative estimate of drug-likeness (QED) is 0.857. The molecule has 2 aromatic rings. The van der Waals surface area contributed by atoms with Crippen molar-refractivity contribution in [1.29, 1.82) is 0 Å². The van der Waals surface area contributed by atoms with Gasteiger partial charge >= 0.3 is 0 Å². The molecule has 1 aromatic carbocycles. The summed E-state index contributed by atoms with van der Waals surface area (Å²) in [4.78, 5) is 13.7. The van der Waals surface area contributed by atoms with Crippen LogP contribution in [0.25, 0.3) is 0 Å². The summed E-state index contributed by atoms with van der Waals surface area (Å²) >= 11 is 0. The van der Waals surface area contributed by atoms with Crippen LogP contribution in [-0.4, -0.2) is 54.8 Å². The molecule has 0 bridgehead atoms. The van der Waals surface area contributed by atoms with E-state index in [1.807, 2.05) is 18.5 Å². The van der Waals surface area contributed by atoms with E-state index in [1.165, 1.54) is 5.56 Å². The Labute approximate surface area is 149 Å². The molecule has 1 fully saturated rings. The molecule has 0 saturated carbocycles. The summed E-state index contributed by atoms with van der Waals surface area (Å²) in [5, 5.41) is 0. The van der Waals surface area contributed by atoms with Crippen molar-refractivity contribution in [2.75, 3.05) is 44.8 Å². The van der Waals surface area contributed by atoms with Crippen molar-refractivity contribution in [1.82, 2.24) is 14.9 Å². The highest BCUT2D eigenvalue weighted by atomic mass is 16.5. The first-order valence-corrected chi connectivity index (χ1v) is 9.12. The highest BCUT2D eigenvalue weighted by Gasteiger charge is 2.42. The predicted molar refractivity (Wildman–Crippen MR) is 98.8 cm³/mol. The Bertz CT molecular complexity index is 698. The Kier molecular flexibility index (Phi) is 4.68. The first-order chi connectivity index (χ1) is 12.3. The number of piperidine rings is 1. The van der Waals surface area contributed by atoms with Crippen molar-refractivity contribution in [2.24, 2.45) is 0 Å². The number of benzene rings is 1. The molecule has 0 atom stereocenters. The summed E-state index contributed by atoms with van der Waals surface area (Å²) in [5.74, 6) is 0.859. The summed E-state index contributed by atoms with van der Waals surface area (Å²) in [6.45, 7) is 5.97. The lowest BCUT2D eigenvalue weighted by Crippen LogP contribution is -2.52. The molecule has 0 N–H and O–H groups in total. The smallest absolute Gasteiger partial charge is 0.225 e. The van der Waals surface area contributed by atoms with E-state index in [4.69, 9.17) is 4.74 Å². The number of hydrogen-bond acceptors (Lipinski definition) is 5. The molecule has 3 heterocycles. The maximum atomic E-state index is 5.32. The molecule has 1 saturated heterocycles. The number of ether oxygens (including phenoxy) is 1. The third-order valence-corrected chi connectivity index (χ3v) is 5.68. The van der Waals surface area contributed by atoms with Crippen LogP contribution >= 0.6 is 0 Å². The predicted octanol–water partition coefficient (Wildman–Crippen LogP) is 2.48. The number of nitrogens with zero attached hydrogens (tertiary/aromatic N) is 4. The van der Waals surface area contributed by atoms with Crippen LogP contribution in [0.5, 0.6) is 0 Å². The Morgan fingerprint density at radius 1 is 1.08 bits per heavy atom. The van der Waals surface area contributed by atoms with Crippen LogP contribution in [0, 0.1) is 0 Å². The average Bonchev–Trinajstić information content (AvgIpc) is 2.68. The fraction of sp³-hybridized carbons (Fsp3) is 0.500. The molecule has 4 rings (SSSR count). The number of anilines is 1. The van der Waals surface area contributed by atoms with Crippen molar-refractivity contribution in [2.45, 2.75) is 24.8 Å². The summed E-state index contributed by atoms with van der Waals surface area (Å²) in [5.41, 5.74) is 3.28. The average molecular weight is 338 g/mol. The molecule has 0 unspecified atom stereocenters. The van der Waals surface area contributed by atoms with Crippen molar-refractivity contribution < 1.29 is 4.74 Å². The van der Waals surface area contributed by atoms with E-state index in [1.54, 1.807) is 12.7 Å². The zero-order chi connectivity index (χ0) is 17.1. The molecule has 2 aliphatic rings. The molecule has 0 aliphatic carbocycles.